The zero-order chi connectivity index (χ0) is 14.8. The van der Waals surface area contributed by atoms with Gasteiger partial charge in [-0.05, 0) is 12.1 Å². The fourth-order valence-electron chi connectivity index (χ4n) is 2.69. The quantitative estimate of drug-likeness (QED) is 0.744. The summed E-state index contributed by atoms with van der Waals surface area (Å²) in [7, 11) is 1.59. The minimum absolute atomic E-state index is 0.138. The Morgan fingerprint density at radius 2 is 2.14 bits per heavy atom. The number of hydrogen-bond acceptors (Lipinski definition) is 3. The van der Waals surface area contributed by atoms with E-state index in [9.17, 15) is 9.59 Å². The molecule has 110 valence electrons. The molecule has 3 rings (SSSR count). The van der Waals surface area contributed by atoms with E-state index in [1.165, 1.54) is 0 Å². The van der Waals surface area contributed by atoms with E-state index in [4.69, 9.17) is 0 Å². The number of carbonyl (C=O) groups excluding carboxylic acids is 2. The minimum Gasteiger partial charge on any atom is -0.357 e. The number of carbonyl (C=O) groups is 2. The molecule has 2 heterocycles. The number of H-pyrrole nitrogens is 1. The lowest BCUT2D eigenvalue weighted by Crippen LogP contribution is -2.59. The number of benzene rings is 1. The van der Waals surface area contributed by atoms with Crippen LogP contribution in [0.2, 0.25) is 0 Å². The Morgan fingerprint density at radius 3 is 2.90 bits per heavy atom. The van der Waals surface area contributed by atoms with E-state index in [1.54, 1.807) is 11.9 Å². The van der Waals surface area contributed by atoms with Gasteiger partial charge in [-0.1, -0.05) is 18.2 Å². The first kappa shape index (κ1) is 13.6. The normalized spacial score (nSPS) is 18.7. The number of fused-ring (bicyclic) bond motifs is 1. The first-order valence-corrected chi connectivity index (χ1v) is 7.02. The van der Waals surface area contributed by atoms with Crippen molar-refractivity contribution >= 4 is 22.7 Å². The maximum absolute atomic E-state index is 12.7. The number of para-hydroxylation sites is 1. The van der Waals surface area contributed by atoms with Crippen LogP contribution in [0.15, 0.2) is 30.3 Å². The van der Waals surface area contributed by atoms with Crippen LogP contribution in [0.25, 0.3) is 10.9 Å². The van der Waals surface area contributed by atoms with Gasteiger partial charge in [0, 0.05) is 37.6 Å². The zero-order valence-corrected chi connectivity index (χ0v) is 11.8. The summed E-state index contributed by atoms with van der Waals surface area (Å²) in [6.07, 6.45) is 0. The highest BCUT2D eigenvalue weighted by Gasteiger charge is 2.32. The minimum atomic E-state index is -0.470. The summed E-state index contributed by atoms with van der Waals surface area (Å²) < 4.78 is 0. The molecule has 21 heavy (non-hydrogen) atoms. The highest BCUT2D eigenvalue weighted by atomic mass is 16.2. The molecular formula is C15H18N4O2. The predicted molar refractivity (Wildman–Crippen MR) is 80.1 cm³/mol. The smallest absolute Gasteiger partial charge is 0.271 e. The molecular weight excluding hydrogens is 268 g/mol. The molecule has 1 saturated heterocycles. The molecule has 0 spiro atoms. The fourth-order valence-corrected chi connectivity index (χ4v) is 2.69. The molecule has 1 atom stereocenters. The van der Waals surface area contributed by atoms with Crippen molar-refractivity contribution in [1.82, 2.24) is 20.5 Å². The van der Waals surface area contributed by atoms with Gasteiger partial charge in [0.25, 0.3) is 5.91 Å². The van der Waals surface area contributed by atoms with Gasteiger partial charge < -0.3 is 20.5 Å². The highest BCUT2D eigenvalue weighted by molar-refractivity contribution is 6.00. The summed E-state index contributed by atoms with van der Waals surface area (Å²) in [5.74, 6) is -0.284. The molecule has 0 aliphatic carbocycles. The van der Waals surface area contributed by atoms with Crippen LogP contribution in [-0.4, -0.2) is 54.4 Å². The Morgan fingerprint density at radius 1 is 1.33 bits per heavy atom. The predicted octanol–water partition coefficient (Wildman–Crippen LogP) is 0.328. The van der Waals surface area contributed by atoms with Crippen molar-refractivity contribution in [3.8, 4) is 0 Å². The number of aromatic nitrogens is 1. The van der Waals surface area contributed by atoms with Gasteiger partial charge in [0.1, 0.15) is 11.7 Å². The average molecular weight is 286 g/mol. The van der Waals surface area contributed by atoms with E-state index in [2.05, 4.69) is 15.6 Å². The SMILES string of the molecule is CNC(=O)C1CNCCN1C(=O)c1cc2ccccc2[nH]1. The molecule has 1 aromatic heterocycles. The number of nitrogens with one attached hydrogen (secondary N) is 3. The van der Waals surface area contributed by atoms with Crippen LogP contribution in [0.3, 0.4) is 0 Å². The Bertz CT molecular complexity index is 646. The molecule has 3 N–H and O–H groups in total. The second-order valence-corrected chi connectivity index (χ2v) is 5.10. The standard InChI is InChI=1S/C15H18N4O2/c1-16-14(20)13-9-17-6-7-19(13)15(21)12-8-10-4-2-3-5-11(10)18-12/h2-5,8,13,17-18H,6-7,9H2,1H3,(H,16,20). The maximum atomic E-state index is 12.7. The van der Waals surface area contributed by atoms with E-state index < -0.39 is 6.04 Å². The van der Waals surface area contributed by atoms with Crippen LogP contribution in [0.1, 0.15) is 10.5 Å². The lowest BCUT2D eigenvalue weighted by Gasteiger charge is -2.34. The van der Waals surface area contributed by atoms with Gasteiger partial charge in [-0.2, -0.15) is 0 Å². The van der Waals surface area contributed by atoms with Crippen LogP contribution >= 0.6 is 0 Å². The molecule has 1 unspecified atom stereocenters. The first-order chi connectivity index (χ1) is 10.2. The van der Waals surface area contributed by atoms with E-state index in [-0.39, 0.29) is 11.8 Å². The molecule has 1 aliphatic rings. The Hall–Kier alpha value is -2.34. The number of aromatic amines is 1. The van der Waals surface area contributed by atoms with E-state index in [1.807, 2.05) is 30.3 Å². The third-order valence-corrected chi connectivity index (χ3v) is 3.81. The van der Waals surface area contributed by atoms with Crippen molar-refractivity contribution in [2.24, 2.45) is 0 Å². The van der Waals surface area contributed by atoms with E-state index >= 15 is 0 Å². The van der Waals surface area contributed by atoms with Crippen molar-refractivity contribution in [2.75, 3.05) is 26.7 Å². The van der Waals surface area contributed by atoms with Gasteiger partial charge in [0.2, 0.25) is 5.91 Å². The van der Waals surface area contributed by atoms with Crippen LogP contribution in [-0.2, 0) is 4.79 Å². The van der Waals surface area contributed by atoms with Crippen molar-refractivity contribution in [3.63, 3.8) is 0 Å². The van der Waals surface area contributed by atoms with Gasteiger partial charge in [-0.25, -0.2) is 0 Å². The third kappa shape index (κ3) is 2.50. The first-order valence-electron chi connectivity index (χ1n) is 7.02. The number of likely N-dealkylation sites (N-methyl/N-ethyl adjacent to an activating group) is 1. The van der Waals surface area contributed by atoms with Crippen molar-refractivity contribution in [3.05, 3.63) is 36.0 Å². The summed E-state index contributed by atoms with van der Waals surface area (Å²) in [5.41, 5.74) is 1.44. The lowest BCUT2D eigenvalue weighted by molar-refractivity contribution is -0.125. The molecule has 1 aliphatic heterocycles. The second-order valence-electron chi connectivity index (χ2n) is 5.10. The van der Waals surface area contributed by atoms with Crippen LogP contribution < -0.4 is 10.6 Å². The molecule has 2 amide bonds. The van der Waals surface area contributed by atoms with Crippen LogP contribution in [0.5, 0.6) is 0 Å². The van der Waals surface area contributed by atoms with Crippen LogP contribution in [0, 0.1) is 0 Å². The van der Waals surface area contributed by atoms with Crippen LogP contribution in [0.4, 0.5) is 0 Å². The molecule has 0 saturated carbocycles. The number of nitrogens with zero attached hydrogens (tertiary/aromatic N) is 1. The molecule has 6 heteroatoms. The molecule has 1 fully saturated rings. The average Bonchev–Trinajstić information content (AvgIpc) is 2.97. The summed E-state index contributed by atoms with van der Waals surface area (Å²) in [6.45, 7) is 1.69. The largest absolute Gasteiger partial charge is 0.357 e. The van der Waals surface area contributed by atoms with E-state index in [0.29, 0.717) is 25.3 Å². The summed E-state index contributed by atoms with van der Waals surface area (Å²) >= 11 is 0. The monoisotopic (exact) mass is 286 g/mol. The summed E-state index contributed by atoms with van der Waals surface area (Å²) in [5, 5.41) is 6.76. The topological polar surface area (TPSA) is 77.2 Å². The second kappa shape index (κ2) is 5.57. The maximum Gasteiger partial charge on any atom is 0.271 e. The van der Waals surface area contributed by atoms with Gasteiger partial charge in [-0.3, -0.25) is 9.59 Å². The third-order valence-electron chi connectivity index (χ3n) is 3.81. The Labute approximate surface area is 122 Å². The van der Waals surface area contributed by atoms with Gasteiger partial charge >= 0.3 is 0 Å². The van der Waals surface area contributed by atoms with Gasteiger partial charge in [0.15, 0.2) is 0 Å². The lowest BCUT2D eigenvalue weighted by atomic mass is 10.1. The molecule has 0 bridgehead atoms. The molecule has 2 aromatic rings. The Kier molecular flexibility index (Phi) is 3.62. The van der Waals surface area contributed by atoms with Gasteiger partial charge in [-0.15, -0.1) is 0 Å². The highest BCUT2D eigenvalue weighted by Crippen LogP contribution is 2.17. The van der Waals surface area contributed by atoms with E-state index in [0.717, 1.165) is 10.9 Å². The molecule has 1 aromatic carbocycles. The number of hydrogen-bond donors (Lipinski definition) is 3. The van der Waals surface area contributed by atoms with Gasteiger partial charge in [0.05, 0.1) is 0 Å². The number of amides is 2. The summed E-state index contributed by atoms with van der Waals surface area (Å²) in [4.78, 5) is 29.4. The molecule has 0 radical (unpaired) electrons. The van der Waals surface area contributed by atoms with Crippen molar-refractivity contribution in [1.29, 1.82) is 0 Å². The number of rotatable bonds is 2. The zero-order valence-electron chi connectivity index (χ0n) is 11.8. The van der Waals surface area contributed by atoms with Crippen molar-refractivity contribution < 1.29 is 9.59 Å². The fraction of sp³-hybridized carbons (Fsp3) is 0.333. The summed E-state index contributed by atoms with van der Waals surface area (Å²) in [6, 6.07) is 9.10. The Balaban J connectivity index is 1.90. The number of piperazine rings is 1. The van der Waals surface area contributed by atoms with Crippen molar-refractivity contribution in [2.45, 2.75) is 6.04 Å². The molecule has 6 nitrogen and oxygen atoms in total.